The first-order chi connectivity index (χ1) is 5.43. The summed E-state index contributed by atoms with van der Waals surface area (Å²) >= 11 is 1.66. The van der Waals surface area contributed by atoms with Crippen molar-refractivity contribution in [3.8, 4) is 11.8 Å². The Morgan fingerprint density at radius 1 is 1.73 bits per heavy atom. The fourth-order valence-corrected chi connectivity index (χ4v) is 1.25. The van der Waals surface area contributed by atoms with Crippen molar-refractivity contribution >= 4 is 11.3 Å². The lowest BCUT2D eigenvalue weighted by Crippen LogP contribution is -2.12. The third kappa shape index (κ3) is 3.17. The van der Waals surface area contributed by atoms with Gasteiger partial charge in [-0.05, 0) is 6.92 Å². The lowest BCUT2D eigenvalue weighted by molar-refractivity contribution is 0.764. The van der Waals surface area contributed by atoms with Crippen LogP contribution in [-0.4, -0.2) is 11.5 Å². The minimum Gasteiger partial charge on any atom is -0.300 e. The van der Waals surface area contributed by atoms with E-state index >= 15 is 0 Å². The summed E-state index contributed by atoms with van der Waals surface area (Å²) in [6, 6.07) is 0. The minimum atomic E-state index is 0.746. The largest absolute Gasteiger partial charge is 0.300 e. The Labute approximate surface area is 70.7 Å². The number of hydrogen-bond donors (Lipinski definition) is 1. The van der Waals surface area contributed by atoms with Gasteiger partial charge in [0.2, 0.25) is 0 Å². The van der Waals surface area contributed by atoms with E-state index in [-0.39, 0.29) is 0 Å². The highest BCUT2D eigenvalue weighted by Crippen LogP contribution is 2.01. The van der Waals surface area contributed by atoms with Crippen molar-refractivity contribution in [3.63, 3.8) is 0 Å². The Balaban J connectivity index is 2.17. The predicted octanol–water partition coefficient (Wildman–Crippen LogP) is 1.26. The maximum Gasteiger partial charge on any atom is 0.106 e. The van der Waals surface area contributed by atoms with Crippen molar-refractivity contribution in [1.82, 2.24) is 10.3 Å². The summed E-state index contributed by atoms with van der Waals surface area (Å²) < 4.78 is 0. The molecule has 0 spiro atoms. The van der Waals surface area contributed by atoms with Crippen molar-refractivity contribution in [3.05, 3.63) is 16.6 Å². The maximum atomic E-state index is 4.12. The van der Waals surface area contributed by atoms with Crippen LogP contribution in [-0.2, 0) is 6.54 Å². The molecule has 1 N–H and O–H groups in total. The van der Waals surface area contributed by atoms with Crippen LogP contribution < -0.4 is 5.32 Å². The van der Waals surface area contributed by atoms with Gasteiger partial charge in [-0.1, -0.05) is 5.92 Å². The van der Waals surface area contributed by atoms with Gasteiger partial charge in [0.25, 0.3) is 0 Å². The molecule has 2 nitrogen and oxygen atoms in total. The van der Waals surface area contributed by atoms with E-state index in [0.29, 0.717) is 0 Å². The molecule has 0 aliphatic heterocycles. The van der Waals surface area contributed by atoms with Gasteiger partial charge in [0.15, 0.2) is 0 Å². The normalized spacial score (nSPS) is 8.82. The van der Waals surface area contributed by atoms with E-state index in [9.17, 15) is 0 Å². The van der Waals surface area contributed by atoms with Crippen LogP contribution in [0.2, 0.25) is 0 Å². The number of thiazole rings is 1. The van der Waals surface area contributed by atoms with Gasteiger partial charge >= 0.3 is 0 Å². The Hall–Kier alpha value is -0.850. The molecule has 0 amide bonds. The van der Waals surface area contributed by atoms with Gasteiger partial charge in [-0.25, -0.2) is 4.98 Å². The van der Waals surface area contributed by atoms with Gasteiger partial charge in [0, 0.05) is 18.1 Å². The zero-order chi connectivity index (χ0) is 7.94. The molecule has 0 aliphatic carbocycles. The second-order valence-corrected chi connectivity index (χ2v) is 2.94. The van der Waals surface area contributed by atoms with Gasteiger partial charge in [-0.15, -0.1) is 17.3 Å². The average molecular weight is 166 g/mol. The van der Waals surface area contributed by atoms with Crippen molar-refractivity contribution in [2.24, 2.45) is 0 Å². The molecule has 0 radical (unpaired) electrons. The Morgan fingerprint density at radius 2 is 2.64 bits per heavy atom. The molecule has 3 heteroatoms. The standard InChI is InChI=1S/C8H10N2S/c1-2-3-4-9-7-8-10-5-6-11-8/h5-6,9H,4,7H2,1H3. The smallest absolute Gasteiger partial charge is 0.106 e. The van der Waals surface area contributed by atoms with Gasteiger partial charge in [-0.2, -0.15) is 0 Å². The molecule has 1 rings (SSSR count). The molecule has 0 unspecified atom stereocenters. The number of nitrogens with one attached hydrogen (secondary N) is 1. The highest BCUT2D eigenvalue weighted by molar-refractivity contribution is 7.09. The molecule has 58 valence electrons. The van der Waals surface area contributed by atoms with E-state index in [0.717, 1.165) is 18.1 Å². The van der Waals surface area contributed by atoms with Crippen molar-refractivity contribution in [2.75, 3.05) is 6.54 Å². The van der Waals surface area contributed by atoms with E-state index in [1.165, 1.54) is 0 Å². The highest BCUT2D eigenvalue weighted by atomic mass is 32.1. The molecule has 1 aromatic rings. The summed E-state index contributed by atoms with van der Waals surface area (Å²) in [6.07, 6.45) is 1.81. The van der Waals surface area contributed by atoms with Crippen LogP contribution >= 0.6 is 11.3 Å². The summed E-state index contributed by atoms with van der Waals surface area (Å²) in [7, 11) is 0. The molecule has 0 atom stereocenters. The topological polar surface area (TPSA) is 24.9 Å². The first kappa shape index (κ1) is 8.25. The van der Waals surface area contributed by atoms with Crippen LogP contribution in [0, 0.1) is 11.8 Å². The van der Waals surface area contributed by atoms with Crippen molar-refractivity contribution in [2.45, 2.75) is 13.5 Å². The predicted molar refractivity (Wildman–Crippen MR) is 47.3 cm³/mol. The van der Waals surface area contributed by atoms with Gasteiger partial charge in [0.1, 0.15) is 5.01 Å². The van der Waals surface area contributed by atoms with E-state index in [4.69, 9.17) is 0 Å². The highest BCUT2D eigenvalue weighted by Gasteiger charge is 1.90. The van der Waals surface area contributed by atoms with Gasteiger partial charge < -0.3 is 0 Å². The molecule has 11 heavy (non-hydrogen) atoms. The van der Waals surface area contributed by atoms with Crippen LogP contribution in [0.1, 0.15) is 11.9 Å². The number of hydrogen-bond acceptors (Lipinski definition) is 3. The molecule has 0 aromatic carbocycles. The second-order valence-electron chi connectivity index (χ2n) is 1.96. The summed E-state index contributed by atoms with van der Waals surface area (Å²) in [6.45, 7) is 3.41. The third-order valence-electron chi connectivity index (χ3n) is 1.15. The monoisotopic (exact) mass is 166 g/mol. The first-order valence-corrected chi connectivity index (χ1v) is 4.30. The SMILES string of the molecule is CC#CCNCc1nccs1. The minimum absolute atomic E-state index is 0.746. The molecule has 0 saturated carbocycles. The van der Waals surface area contributed by atoms with E-state index in [2.05, 4.69) is 22.1 Å². The van der Waals surface area contributed by atoms with Crippen LogP contribution in [0.25, 0.3) is 0 Å². The Morgan fingerprint density at radius 3 is 3.27 bits per heavy atom. The molecule has 0 bridgehead atoms. The lowest BCUT2D eigenvalue weighted by atomic mass is 10.5. The molecule has 0 saturated heterocycles. The zero-order valence-electron chi connectivity index (χ0n) is 6.42. The van der Waals surface area contributed by atoms with Crippen LogP contribution in [0.15, 0.2) is 11.6 Å². The molecule has 1 aromatic heterocycles. The second kappa shape index (κ2) is 4.89. The van der Waals surface area contributed by atoms with Crippen molar-refractivity contribution in [1.29, 1.82) is 0 Å². The Bertz CT molecular complexity index is 243. The average Bonchev–Trinajstić information content (AvgIpc) is 2.50. The summed E-state index contributed by atoms with van der Waals surface area (Å²) in [4.78, 5) is 4.12. The molecular formula is C8H10N2S. The Kier molecular flexibility index (Phi) is 3.67. The van der Waals surface area contributed by atoms with E-state index in [1.807, 2.05) is 18.5 Å². The van der Waals surface area contributed by atoms with Crippen LogP contribution in [0.5, 0.6) is 0 Å². The summed E-state index contributed by atoms with van der Waals surface area (Å²) in [5.41, 5.74) is 0. The molecule has 1 heterocycles. The van der Waals surface area contributed by atoms with E-state index in [1.54, 1.807) is 11.3 Å². The fourth-order valence-electron chi connectivity index (χ4n) is 0.661. The number of rotatable bonds is 3. The summed E-state index contributed by atoms with van der Waals surface area (Å²) in [5.74, 6) is 5.74. The number of nitrogens with zero attached hydrogens (tertiary/aromatic N) is 1. The van der Waals surface area contributed by atoms with Crippen LogP contribution in [0.3, 0.4) is 0 Å². The summed E-state index contributed by atoms with van der Waals surface area (Å²) in [5, 5.41) is 6.25. The quantitative estimate of drug-likeness (QED) is 0.540. The molecule has 0 fully saturated rings. The fraction of sp³-hybridized carbons (Fsp3) is 0.375. The lowest BCUT2D eigenvalue weighted by Gasteiger charge is -1.93. The van der Waals surface area contributed by atoms with Gasteiger partial charge in [0.05, 0.1) is 6.54 Å². The number of aromatic nitrogens is 1. The van der Waals surface area contributed by atoms with Crippen LogP contribution in [0.4, 0.5) is 0 Å². The zero-order valence-corrected chi connectivity index (χ0v) is 7.24. The van der Waals surface area contributed by atoms with E-state index < -0.39 is 0 Å². The molecular weight excluding hydrogens is 156 g/mol. The maximum absolute atomic E-state index is 4.12. The van der Waals surface area contributed by atoms with Crippen molar-refractivity contribution < 1.29 is 0 Å². The van der Waals surface area contributed by atoms with Gasteiger partial charge in [-0.3, -0.25) is 5.32 Å². The molecule has 0 aliphatic rings. The third-order valence-corrected chi connectivity index (χ3v) is 1.93. The first-order valence-electron chi connectivity index (χ1n) is 3.42.